The van der Waals surface area contributed by atoms with Crippen LogP contribution < -0.4 is 4.74 Å². The van der Waals surface area contributed by atoms with Crippen LogP contribution in [-0.2, 0) is 19.1 Å². The van der Waals surface area contributed by atoms with E-state index in [2.05, 4.69) is 4.74 Å². The Kier molecular flexibility index (Phi) is 5.31. The largest absolute Gasteiger partial charge is 0.455 e. The van der Waals surface area contributed by atoms with E-state index in [9.17, 15) is 14.4 Å². The molecule has 1 aromatic rings. The number of para-hydroxylation sites is 1. The van der Waals surface area contributed by atoms with Crippen molar-refractivity contribution in [3.63, 3.8) is 0 Å². The number of benzene rings is 1. The van der Waals surface area contributed by atoms with E-state index in [1.54, 1.807) is 30.3 Å². The average molecular weight is 248 g/mol. The molecule has 0 saturated heterocycles. The standard InChI is InChI=1S/C13H12O5/c1-10(14)9-17-12(15)7-8-13(16)18-11-5-3-2-4-6-11/h2-8H,9H2,1H3/b8-7+. The molecule has 0 radical (unpaired) electrons. The maximum atomic E-state index is 11.3. The number of Topliss-reactive ketones (excluding diaryl/α,β-unsaturated/α-hetero) is 1. The van der Waals surface area contributed by atoms with Gasteiger partial charge in [0.05, 0.1) is 0 Å². The van der Waals surface area contributed by atoms with Crippen molar-refractivity contribution >= 4 is 17.7 Å². The fourth-order valence-corrected chi connectivity index (χ4v) is 0.996. The third-order valence-corrected chi connectivity index (χ3v) is 1.73. The second-order valence-corrected chi connectivity index (χ2v) is 3.38. The zero-order valence-electron chi connectivity index (χ0n) is 9.79. The molecule has 0 aliphatic rings. The van der Waals surface area contributed by atoms with Crippen molar-refractivity contribution in [1.29, 1.82) is 0 Å². The first-order valence-electron chi connectivity index (χ1n) is 5.19. The Labute approximate surface area is 104 Å². The Bertz CT molecular complexity index is 462. The summed E-state index contributed by atoms with van der Waals surface area (Å²) in [5.41, 5.74) is 0. The van der Waals surface area contributed by atoms with E-state index in [-0.39, 0.29) is 12.4 Å². The Morgan fingerprint density at radius 1 is 1.06 bits per heavy atom. The molecule has 1 rings (SSSR count). The summed E-state index contributed by atoms with van der Waals surface area (Å²) < 4.78 is 9.41. The van der Waals surface area contributed by atoms with Crippen LogP contribution in [0.25, 0.3) is 0 Å². The van der Waals surface area contributed by atoms with Crippen molar-refractivity contribution in [2.24, 2.45) is 0 Å². The zero-order valence-corrected chi connectivity index (χ0v) is 9.79. The molecule has 1 aromatic carbocycles. The van der Waals surface area contributed by atoms with Crippen molar-refractivity contribution in [2.45, 2.75) is 6.92 Å². The molecule has 18 heavy (non-hydrogen) atoms. The number of esters is 2. The lowest BCUT2D eigenvalue weighted by molar-refractivity contribution is -0.142. The average Bonchev–Trinajstić information content (AvgIpc) is 2.35. The van der Waals surface area contributed by atoms with E-state index >= 15 is 0 Å². The van der Waals surface area contributed by atoms with E-state index in [4.69, 9.17) is 4.74 Å². The molecule has 0 aliphatic heterocycles. The molecule has 0 aliphatic carbocycles. The quantitative estimate of drug-likeness (QED) is 0.446. The van der Waals surface area contributed by atoms with Crippen molar-refractivity contribution < 1.29 is 23.9 Å². The number of ketones is 1. The van der Waals surface area contributed by atoms with Gasteiger partial charge in [-0.3, -0.25) is 4.79 Å². The summed E-state index contributed by atoms with van der Waals surface area (Å²) in [5, 5.41) is 0. The first-order valence-corrected chi connectivity index (χ1v) is 5.19. The maximum absolute atomic E-state index is 11.3. The molecule has 0 fully saturated rings. The molecular formula is C13H12O5. The Balaban J connectivity index is 2.40. The molecule has 0 heterocycles. The van der Waals surface area contributed by atoms with Gasteiger partial charge < -0.3 is 9.47 Å². The molecule has 0 N–H and O–H groups in total. The first kappa shape index (κ1) is 13.6. The summed E-state index contributed by atoms with van der Waals surface area (Å²) >= 11 is 0. The van der Waals surface area contributed by atoms with E-state index in [1.807, 2.05) is 0 Å². The minimum absolute atomic E-state index is 0.274. The van der Waals surface area contributed by atoms with Gasteiger partial charge in [0, 0.05) is 12.2 Å². The van der Waals surface area contributed by atoms with Crippen LogP contribution in [-0.4, -0.2) is 24.3 Å². The number of hydrogen-bond acceptors (Lipinski definition) is 5. The second-order valence-electron chi connectivity index (χ2n) is 3.38. The summed E-state index contributed by atoms with van der Waals surface area (Å²) in [6.07, 6.45) is 1.85. The van der Waals surface area contributed by atoms with Crippen molar-refractivity contribution in [2.75, 3.05) is 6.61 Å². The SMILES string of the molecule is CC(=O)COC(=O)/C=C/C(=O)Oc1ccccc1. The number of carbonyl (C=O) groups excluding carboxylic acids is 3. The number of hydrogen-bond donors (Lipinski definition) is 0. The lowest BCUT2D eigenvalue weighted by Gasteiger charge is -2.00. The van der Waals surface area contributed by atoms with Crippen LogP contribution in [0.4, 0.5) is 0 Å². The number of ether oxygens (including phenoxy) is 2. The Morgan fingerprint density at radius 3 is 2.28 bits per heavy atom. The third kappa shape index (κ3) is 5.60. The topological polar surface area (TPSA) is 69.7 Å². The molecule has 0 atom stereocenters. The van der Waals surface area contributed by atoms with Gasteiger partial charge in [-0.05, 0) is 19.1 Å². The monoisotopic (exact) mass is 248 g/mol. The maximum Gasteiger partial charge on any atom is 0.336 e. The summed E-state index contributed by atoms with van der Waals surface area (Å²) in [6, 6.07) is 8.44. The van der Waals surface area contributed by atoms with Gasteiger partial charge in [-0.1, -0.05) is 18.2 Å². The van der Waals surface area contributed by atoms with Gasteiger partial charge in [-0.25, -0.2) is 9.59 Å². The summed E-state index contributed by atoms with van der Waals surface area (Å²) in [5.74, 6) is -1.36. The highest BCUT2D eigenvalue weighted by Gasteiger charge is 2.03. The summed E-state index contributed by atoms with van der Waals surface area (Å²) in [7, 11) is 0. The van der Waals surface area contributed by atoms with Crippen LogP contribution in [0.5, 0.6) is 5.75 Å². The lowest BCUT2D eigenvalue weighted by atomic mass is 10.3. The van der Waals surface area contributed by atoms with Crippen LogP contribution in [0.1, 0.15) is 6.92 Å². The second kappa shape index (κ2) is 7.01. The highest BCUT2D eigenvalue weighted by molar-refractivity contribution is 5.93. The first-order chi connectivity index (χ1) is 8.58. The van der Waals surface area contributed by atoms with Crippen LogP contribution in [0.3, 0.4) is 0 Å². The number of carbonyl (C=O) groups is 3. The van der Waals surface area contributed by atoms with Crippen LogP contribution >= 0.6 is 0 Å². The molecule has 0 saturated carbocycles. The van der Waals surface area contributed by atoms with Gasteiger partial charge in [0.1, 0.15) is 12.4 Å². The van der Waals surface area contributed by atoms with Gasteiger partial charge in [0.2, 0.25) is 0 Å². The van der Waals surface area contributed by atoms with Gasteiger partial charge in [-0.15, -0.1) is 0 Å². The van der Waals surface area contributed by atoms with E-state index in [1.165, 1.54) is 6.92 Å². The van der Waals surface area contributed by atoms with Crippen LogP contribution in [0.15, 0.2) is 42.5 Å². The highest BCUT2D eigenvalue weighted by Crippen LogP contribution is 2.08. The molecule has 5 heteroatoms. The minimum atomic E-state index is -0.768. The van der Waals surface area contributed by atoms with Gasteiger partial charge >= 0.3 is 11.9 Å². The summed E-state index contributed by atoms with van der Waals surface area (Å²) in [4.78, 5) is 32.8. The van der Waals surface area contributed by atoms with Gasteiger partial charge in [0.15, 0.2) is 5.78 Å². The molecule has 0 bridgehead atoms. The van der Waals surface area contributed by atoms with Gasteiger partial charge in [-0.2, -0.15) is 0 Å². The fourth-order valence-electron chi connectivity index (χ4n) is 0.996. The predicted octanol–water partition coefficient (Wildman–Crippen LogP) is 1.28. The van der Waals surface area contributed by atoms with Crippen molar-refractivity contribution in [3.8, 4) is 5.75 Å². The van der Waals surface area contributed by atoms with Crippen molar-refractivity contribution in [3.05, 3.63) is 42.5 Å². The Hall–Kier alpha value is -2.43. The smallest absolute Gasteiger partial charge is 0.336 e. The van der Waals surface area contributed by atoms with Gasteiger partial charge in [0.25, 0.3) is 0 Å². The molecule has 0 aromatic heterocycles. The third-order valence-electron chi connectivity index (χ3n) is 1.73. The predicted molar refractivity (Wildman–Crippen MR) is 62.9 cm³/mol. The fraction of sp³-hybridized carbons (Fsp3) is 0.154. The molecular weight excluding hydrogens is 236 g/mol. The molecule has 0 unspecified atom stereocenters. The van der Waals surface area contributed by atoms with E-state index < -0.39 is 11.9 Å². The molecule has 0 amide bonds. The van der Waals surface area contributed by atoms with E-state index in [0.29, 0.717) is 5.75 Å². The Morgan fingerprint density at radius 2 is 1.67 bits per heavy atom. The molecule has 0 spiro atoms. The lowest BCUT2D eigenvalue weighted by Crippen LogP contribution is -2.10. The molecule has 94 valence electrons. The van der Waals surface area contributed by atoms with Crippen LogP contribution in [0.2, 0.25) is 0 Å². The normalized spacial score (nSPS) is 10.1. The van der Waals surface area contributed by atoms with Crippen LogP contribution in [0, 0.1) is 0 Å². The number of rotatable bonds is 5. The minimum Gasteiger partial charge on any atom is -0.455 e. The van der Waals surface area contributed by atoms with Crippen molar-refractivity contribution in [1.82, 2.24) is 0 Å². The summed E-state index contributed by atoms with van der Waals surface area (Å²) in [6.45, 7) is 0.984. The zero-order chi connectivity index (χ0) is 13.4. The highest BCUT2D eigenvalue weighted by atomic mass is 16.5. The molecule has 5 nitrogen and oxygen atoms in total. The van der Waals surface area contributed by atoms with E-state index in [0.717, 1.165) is 12.2 Å².